The van der Waals surface area contributed by atoms with Gasteiger partial charge in [-0.3, -0.25) is 4.79 Å². The van der Waals surface area contributed by atoms with Gasteiger partial charge in [0.05, 0.1) is 11.1 Å². The minimum Gasteiger partial charge on any atom is -0.478 e. The third-order valence-electron chi connectivity index (χ3n) is 2.80. The van der Waals surface area contributed by atoms with Gasteiger partial charge < -0.3 is 9.67 Å². The lowest BCUT2D eigenvalue weighted by Gasteiger charge is -2.10. The summed E-state index contributed by atoms with van der Waals surface area (Å²) in [7, 11) is 1.63. The molecule has 1 heterocycles. The predicted octanol–water partition coefficient (Wildman–Crippen LogP) is 2.31. The third-order valence-corrected chi connectivity index (χ3v) is 3.30. The Morgan fingerprint density at radius 3 is 2.65 bits per heavy atom. The maximum Gasteiger partial charge on any atom is 0.336 e. The van der Waals surface area contributed by atoms with E-state index in [0.717, 1.165) is 4.47 Å². The second kappa shape index (κ2) is 4.00. The summed E-state index contributed by atoms with van der Waals surface area (Å²) >= 11 is 3.31. The van der Waals surface area contributed by atoms with Gasteiger partial charge in [-0.15, -0.1) is 0 Å². The van der Waals surface area contributed by atoms with Crippen LogP contribution in [0.3, 0.4) is 0 Å². The quantitative estimate of drug-likeness (QED) is 0.878. The highest BCUT2D eigenvalue weighted by molar-refractivity contribution is 9.10. The molecule has 0 saturated carbocycles. The van der Waals surface area contributed by atoms with E-state index in [1.807, 2.05) is 0 Å². The summed E-state index contributed by atoms with van der Waals surface area (Å²) in [6, 6.07) is 5.20. The van der Waals surface area contributed by atoms with Crippen LogP contribution >= 0.6 is 15.9 Å². The lowest BCUT2D eigenvalue weighted by Crippen LogP contribution is -2.23. The van der Waals surface area contributed by atoms with E-state index in [1.54, 1.807) is 25.2 Å². The van der Waals surface area contributed by atoms with Gasteiger partial charge >= 0.3 is 5.97 Å². The first-order valence-corrected chi connectivity index (χ1v) is 5.75. The molecular formula is C12H10BrNO3. The Hall–Kier alpha value is -1.62. The predicted molar refractivity (Wildman–Crippen MR) is 68.6 cm³/mol. The van der Waals surface area contributed by atoms with E-state index in [2.05, 4.69) is 15.9 Å². The summed E-state index contributed by atoms with van der Waals surface area (Å²) in [5, 5.41) is 9.76. The van der Waals surface area contributed by atoms with E-state index in [0.29, 0.717) is 10.9 Å². The second-order valence-corrected chi connectivity index (χ2v) is 4.75. The molecule has 88 valence electrons. The first-order valence-electron chi connectivity index (χ1n) is 4.95. The van der Waals surface area contributed by atoms with Gasteiger partial charge in [-0.1, -0.05) is 22.0 Å². The van der Waals surface area contributed by atoms with Crippen LogP contribution in [-0.4, -0.2) is 15.6 Å². The molecule has 2 aromatic rings. The Morgan fingerprint density at radius 1 is 1.41 bits per heavy atom. The molecule has 0 saturated heterocycles. The number of carboxylic acid groups (broad SMARTS) is 1. The van der Waals surface area contributed by atoms with E-state index in [4.69, 9.17) is 0 Å². The maximum absolute atomic E-state index is 11.9. The molecular weight excluding hydrogens is 286 g/mol. The molecule has 1 aromatic heterocycles. The van der Waals surface area contributed by atoms with Crippen LogP contribution in [0.5, 0.6) is 0 Å². The maximum atomic E-state index is 11.9. The molecule has 0 atom stereocenters. The monoisotopic (exact) mass is 295 g/mol. The second-order valence-electron chi connectivity index (χ2n) is 3.83. The zero-order chi connectivity index (χ0) is 12.7. The molecule has 0 radical (unpaired) electrons. The minimum atomic E-state index is -1.08. The van der Waals surface area contributed by atoms with Crippen LogP contribution in [0.1, 0.15) is 15.9 Å². The van der Waals surface area contributed by atoms with Crippen molar-refractivity contribution in [2.75, 3.05) is 0 Å². The topological polar surface area (TPSA) is 59.3 Å². The lowest BCUT2D eigenvalue weighted by atomic mass is 10.0. The first kappa shape index (κ1) is 11.9. The Bertz CT molecular complexity index is 688. The van der Waals surface area contributed by atoms with Gasteiger partial charge in [0.15, 0.2) is 0 Å². The Balaban J connectivity index is 3.09. The fourth-order valence-corrected chi connectivity index (χ4v) is 2.29. The summed E-state index contributed by atoms with van der Waals surface area (Å²) < 4.78 is 2.27. The van der Waals surface area contributed by atoms with E-state index in [-0.39, 0.29) is 16.7 Å². The molecule has 4 nitrogen and oxygen atoms in total. The van der Waals surface area contributed by atoms with Crippen LogP contribution in [0.4, 0.5) is 0 Å². The van der Waals surface area contributed by atoms with Crippen molar-refractivity contribution in [2.24, 2.45) is 7.05 Å². The largest absolute Gasteiger partial charge is 0.478 e. The standard InChI is InChI=1S/C12H10BrNO3/c1-6-10(12(16)17)8-4-3-7(13)5-9(8)14(2)11(6)15/h3-5H,1-2H3,(H,16,17). The fraction of sp³-hybridized carbons (Fsp3) is 0.167. The van der Waals surface area contributed by atoms with Crippen molar-refractivity contribution in [1.82, 2.24) is 4.57 Å². The number of carbonyl (C=O) groups is 1. The first-order chi connectivity index (χ1) is 7.93. The molecule has 0 amide bonds. The Morgan fingerprint density at radius 2 is 2.06 bits per heavy atom. The molecule has 0 spiro atoms. The number of hydrogen-bond donors (Lipinski definition) is 1. The van der Waals surface area contributed by atoms with E-state index < -0.39 is 5.97 Å². The number of fused-ring (bicyclic) bond motifs is 1. The number of aryl methyl sites for hydroxylation is 1. The van der Waals surface area contributed by atoms with Crippen LogP contribution in [0.15, 0.2) is 27.5 Å². The molecule has 1 N–H and O–H groups in total. The van der Waals surface area contributed by atoms with Gasteiger partial charge in [-0.25, -0.2) is 4.79 Å². The highest BCUT2D eigenvalue weighted by Crippen LogP contribution is 2.23. The number of halogens is 1. The molecule has 0 unspecified atom stereocenters. The van der Waals surface area contributed by atoms with Crippen molar-refractivity contribution >= 4 is 32.8 Å². The average Bonchev–Trinajstić information content (AvgIpc) is 2.27. The smallest absolute Gasteiger partial charge is 0.336 e. The van der Waals surface area contributed by atoms with E-state index >= 15 is 0 Å². The number of carboxylic acids is 1. The van der Waals surface area contributed by atoms with Gasteiger partial charge in [-0.05, 0) is 19.1 Å². The normalized spacial score (nSPS) is 10.8. The lowest BCUT2D eigenvalue weighted by molar-refractivity contribution is 0.0698. The van der Waals surface area contributed by atoms with Gasteiger partial charge in [0, 0.05) is 22.5 Å². The van der Waals surface area contributed by atoms with Crippen molar-refractivity contribution in [3.05, 3.63) is 44.2 Å². The third kappa shape index (κ3) is 1.76. The van der Waals surface area contributed by atoms with Gasteiger partial charge in [0.2, 0.25) is 0 Å². The highest BCUT2D eigenvalue weighted by Gasteiger charge is 2.17. The number of aromatic nitrogens is 1. The van der Waals surface area contributed by atoms with Crippen molar-refractivity contribution in [3.8, 4) is 0 Å². The molecule has 17 heavy (non-hydrogen) atoms. The summed E-state index contributed by atoms with van der Waals surface area (Å²) in [6.45, 7) is 1.53. The number of aromatic carboxylic acids is 1. The molecule has 1 aromatic carbocycles. The molecule has 0 aliphatic rings. The zero-order valence-corrected chi connectivity index (χ0v) is 10.9. The molecule has 0 fully saturated rings. The van der Waals surface area contributed by atoms with Crippen LogP contribution in [0.25, 0.3) is 10.9 Å². The summed E-state index contributed by atoms with van der Waals surface area (Å²) in [5.41, 5.74) is 0.658. The summed E-state index contributed by atoms with van der Waals surface area (Å²) in [4.78, 5) is 23.1. The van der Waals surface area contributed by atoms with Gasteiger partial charge in [0.25, 0.3) is 5.56 Å². The van der Waals surface area contributed by atoms with E-state index in [9.17, 15) is 14.7 Å². The number of hydrogen-bond acceptors (Lipinski definition) is 2. The molecule has 5 heteroatoms. The van der Waals surface area contributed by atoms with Gasteiger partial charge in [0.1, 0.15) is 0 Å². The van der Waals surface area contributed by atoms with E-state index in [1.165, 1.54) is 11.5 Å². The van der Waals surface area contributed by atoms with Crippen LogP contribution in [0.2, 0.25) is 0 Å². The molecule has 0 bridgehead atoms. The average molecular weight is 296 g/mol. The molecule has 2 rings (SSSR count). The SMILES string of the molecule is Cc1c(C(=O)O)c2ccc(Br)cc2n(C)c1=O. The van der Waals surface area contributed by atoms with Crippen LogP contribution in [-0.2, 0) is 7.05 Å². The molecule has 0 aliphatic carbocycles. The van der Waals surface area contributed by atoms with Crippen molar-refractivity contribution in [2.45, 2.75) is 6.92 Å². The Kier molecular flexibility index (Phi) is 2.79. The van der Waals surface area contributed by atoms with Crippen LogP contribution in [0, 0.1) is 6.92 Å². The number of rotatable bonds is 1. The summed E-state index contributed by atoms with van der Waals surface area (Å²) in [6.07, 6.45) is 0. The van der Waals surface area contributed by atoms with Gasteiger partial charge in [-0.2, -0.15) is 0 Å². The minimum absolute atomic E-state index is 0.0793. The van der Waals surface area contributed by atoms with Crippen molar-refractivity contribution in [1.29, 1.82) is 0 Å². The van der Waals surface area contributed by atoms with Crippen LogP contribution < -0.4 is 5.56 Å². The number of benzene rings is 1. The van der Waals surface area contributed by atoms with Crippen molar-refractivity contribution in [3.63, 3.8) is 0 Å². The van der Waals surface area contributed by atoms with Crippen molar-refractivity contribution < 1.29 is 9.90 Å². The number of pyridine rings is 1. The number of nitrogens with zero attached hydrogens (tertiary/aromatic N) is 1. The summed E-state index contributed by atoms with van der Waals surface area (Å²) in [5.74, 6) is -1.08. The molecule has 0 aliphatic heterocycles. The fourth-order valence-electron chi connectivity index (χ4n) is 1.94. The Labute approximate surface area is 106 Å². The highest BCUT2D eigenvalue weighted by atomic mass is 79.9. The zero-order valence-electron chi connectivity index (χ0n) is 9.32.